The van der Waals surface area contributed by atoms with E-state index in [2.05, 4.69) is 0 Å². The quantitative estimate of drug-likeness (QED) is 0.737. The van der Waals surface area contributed by atoms with Crippen LogP contribution in [0.5, 0.6) is 0 Å². The maximum Gasteiger partial charge on any atom is 0.388 e. The molecule has 0 bridgehead atoms. The Morgan fingerprint density at radius 2 is 2.08 bits per heavy atom. The van der Waals surface area contributed by atoms with Gasteiger partial charge in [0.1, 0.15) is 0 Å². The molecule has 0 amide bonds. The molecule has 0 aliphatic rings. The van der Waals surface area contributed by atoms with Crippen LogP contribution in [0.15, 0.2) is 0 Å². The second-order valence-corrected chi connectivity index (χ2v) is 4.06. The predicted octanol–water partition coefficient (Wildman–Crippen LogP) is 2.44. The van der Waals surface area contributed by atoms with E-state index in [1.807, 2.05) is 13.8 Å². The minimum Gasteiger partial charge on any atom is -0.476 e. The number of rotatable bonds is 5. The number of alkyl halides is 2. The summed E-state index contributed by atoms with van der Waals surface area (Å²) in [4.78, 5) is 9.93. The molecule has 0 fully saturated rings. The lowest BCUT2D eigenvalue weighted by Gasteiger charge is -2.10. The van der Waals surface area contributed by atoms with Gasteiger partial charge >= 0.3 is 11.2 Å². The lowest BCUT2D eigenvalue weighted by Crippen LogP contribution is -2.24. The van der Waals surface area contributed by atoms with Gasteiger partial charge in [-0.25, -0.2) is 4.79 Å². The van der Waals surface area contributed by atoms with E-state index in [0.717, 1.165) is 0 Å². The molecule has 0 radical (unpaired) electrons. The molecule has 0 saturated carbocycles. The first kappa shape index (κ1) is 11.7. The number of halogens is 2. The van der Waals surface area contributed by atoms with Crippen molar-refractivity contribution >= 4 is 17.7 Å². The van der Waals surface area contributed by atoms with Gasteiger partial charge in [-0.15, -0.1) is 0 Å². The number of aliphatic carboxylic acids is 1. The van der Waals surface area contributed by atoms with Crippen molar-refractivity contribution in [1.29, 1.82) is 0 Å². The lowest BCUT2D eigenvalue weighted by molar-refractivity contribution is -0.152. The summed E-state index contributed by atoms with van der Waals surface area (Å²) in [6.07, 6.45) is 0.605. The van der Waals surface area contributed by atoms with Crippen LogP contribution in [0.1, 0.15) is 20.3 Å². The molecule has 72 valence electrons. The van der Waals surface area contributed by atoms with E-state index in [1.165, 1.54) is 0 Å². The maximum absolute atomic E-state index is 12.4. The zero-order valence-corrected chi connectivity index (χ0v) is 7.83. The molecule has 1 N–H and O–H groups in total. The number of carbonyl (C=O) groups is 1. The van der Waals surface area contributed by atoms with Crippen LogP contribution in [-0.2, 0) is 4.79 Å². The van der Waals surface area contributed by atoms with Gasteiger partial charge < -0.3 is 5.11 Å². The Labute approximate surface area is 74.3 Å². The Bertz CT molecular complexity index is 159. The van der Waals surface area contributed by atoms with Crippen LogP contribution in [0, 0.1) is 5.92 Å². The van der Waals surface area contributed by atoms with Crippen molar-refractivity contribution in [3.63, 3.8) is 0 Å². The average Bonchev–Trinajstić information content (AvgIpc) is 1.85. The summed E-state index contributed by atoms with van der Waals surface area (Å²) in [5.74, 6) is -1.56. The predicted molar refractivity (Wildman–Crippen MR) is 44.5 cm³/mol. The average molecular weight is 198 g/mol. The monoisotopic (exact) mass is 198 g/mol. The first-order valence-corrected chi connectivity index (χ1v) is 4.60. The Kier molecular flexibility index (Phi) is 4.52. The summed E-state index contributed by atoms with van der Waals surface area (Å²) in [5.41, 5.74) is 0. The summed E-state index contributed by atoms with van der Waals surface area (Å²) in [6.45, 7) is 3.80. The highest BCUT2D eigenvalue weighted by Gasteiger charge is 2.38. The normalized spacial score (nSPS) is 12.1. The maximum atomic E-state index is 12.4. The molecule has 12 heavy (non-hydrogen) atoms. The minimum atomic E-state index is -3.63. The standard InChI is InChI=1S/C7H12F2O2S/c1-5(2)3-4-12-7(8,9)6(10)11/h5H,3-4H2,1-2H3,(H,10,11). The van der Waals surface area contributed by atoms with Crippen molar-refractivity contribution in [3.8, 4) is 0 Å². The third kappa shape index (κ3) is 4.54. The number of hydrogen-bond acceptors (Lipinski definition) is 2. The fourth-order valence-electron chi connectivity index (χ4n) is 0.485. The van der Waals surface area contributed by atoms with E-state index in [-0.39, 0.29) is 17.5 Å². The van der Waals surface area contributed by atoms with Crippen molar-refractivity contribution in [3.05, 3.63) is 0 Å². The van der Waals surface area contributed by atoms with Gasteiger partial charge in [0.25, 0.3) is 0 Å². The zero-order valence-electron chi connectivity index (χ0n) is 7.01. The summed E-state index contributed by atoms with van der Waals surface area (Å²) >= 11 is 0.182. The van der Waals surface area contributed by atoms with E-state index in [0.29, 0.717) is 12.3 Å². The third-order valence-electron chi connectivity index (χ3n) is 1.23. The number of hydrogen-bond donors (Lipinski definition) is 1. The van der Waals surface area contributed by atoms with Gasteiger partial charge in [-0.1, -0.05) is 25.6 Å². The molecule has 0 aliphatic heterocycles. The van der Waals surface area contributed by atoms with E-state index >= 15 is 0 Å². The molecule has 0 rings (SSSR count). The molecule has 0 aliphatic carbocycles. The zero-order chi connectivity index (χ0) is 9.78. The molecule has 0 heterocycles. The molecule has 5 heteroatoms. The summed E-state index contributed by atoms with van der Waals surface area (Å²) in [5, 5.41) is 4.41. The fourth-order valence-corrected chi connectivity index (χ4v) is 1.45. The largest absolute Gasteiger partial charge is 0.476 e. The van der Waals surface area contributed by atoms with Crippen LogP contribution in [0.25, 0.3) is 0 Å². The molecule has 0 atom stereocenters. The van der Waals surface area contributed by atoms with Crippen LogP contribution < -0.4 is 0 Å². The van der Waals surface area contributed by atoms with Crippen LogP contribution in [0.3, 0.4) is 0 Å². The minimum absolute atomic E-state index is 0.178. The molecular formula is C7H12F2O2S. The van der Waals surface area contributed by atoms with E-state index in [9.17, 15) is 13.6 Å². The Hall–Kier alpha value is -0.320. The SMILES string of the molecule is CC(C)CCSC(F)(F)C(=O)O. The van der Waals surface area contributed by atoms with Crippen molar-refractivity contribution < 1.29 is 18.7 Å². The highest BCUT2D eigenvalue weighted by atomic mass is 32.2. The molecular weight excluding hydrogens is 186 g/mol. The number of carboxylic acid groups (broad SMARTS) is 1. The third-order valence-corrected chi connectivity index (χ3v) is 2.20. The van der Waals surface area contributed by atoms with Crippen LogP contribution in [0.2, 0.25) is 0 Å². The molecule has 0 spiro atoms. The van der Waals surface area contributed by atoms with Crippen molar-refractivity contribution in [2.75, 3.05) is 5.75 Å². The van der Waals surface area contributed by atoms with Crippen LogP contribution in [-0.4, -0.2) is 22.1 Å². The molecule has 0 aromatic carbocycles. The molecule has 0 unspecified atom stereocenters. The fraction of sp³-hybridized carbons (Fsp3) is 0.857. The van der Waals surface area contributed by atoms with Gasteiger partial charge in [-0.3, -0.25) is 0 Å². The van der Waals surface area contributed by atoms with Gasteiger partial charge in [-0.2, -0.15) is 8.78 Å². The van der Waals surface area contributed by atoms with Gasteiger partial charge in [0.05, 0.1) is 0 Å². The first-order chi connectivity index (χ1) is 5.36. The van der Waals surface area contributed by atoms with Crippen molar-refractivity contribution in [2.45, 2.75) is 25.5 Å². The van der Waals surface area contributed by atoms with E-state index in [1.54, 1.807) is 0 Å². The smallest absolute Gasteiger partial charge is 0.388 e. The molecule has 0 aromatic heterocycles. The van der Waals surface area contributed by atoms with Gasteiger partial charge in [-0.05, 0) is 18.1 Å². The van der Waals surface area contributed by atoms with Crippen LogP contribution in [0.4, 0.5) is 8.78 Å². The van der Waals surface area contributed by atoms with Crippen LogP contribution >= 0.6 is 11.8 Å². The topological polar surface area (TPSA) is 37.3 Å². The molecule has 0 saturated heterocycles. The highest BCUT2D eigenvalue weighted by Crippen LogP contribution is 2.30. The van der Waals surface area contributed by atoms with Gasteiger partial charge in [0.15, 0.2) is 0 Å². The Morgan fingerprint density at radius 1 is 1.58 bits per heavy atom. The Morgan fingerprint density at radius 3 is 2.42 bits per heavy atom. The summed E-state index contributed by atoms with van der Waals surface area (Å²) in [6, 6.07) is 0. The first-order valence-electron chi connectivity index (χ1n) is 3.61. The summed E-state index contributed by atoms with van der Waals surface area (Å²) < 4.78 is 24.7. The second kappa shape index (κ2) is 4.64. The molecule has 0 aromatic rings. The van der Waals surface area contributed by atoms with Crippen molar-refractivity contribution in [2.24, 2.45) is 5.92 Å². The lowest BCUT2D eigenvalue weighted by atomic mass is 10.2. The molecule has 2 nitrogen and oxygen atoms in total. The Balaban J connectivity index is 3.69. The van der Waals surface area contributed by atoms with E-state index < -0.39 is 11.2 Å². The van der Waals surface area contributed by atoms with E-state index in [4.69, 9.17) is 5.11 Å². The van der Waals surface area contributed by atoms with Gasteiger partial charge in [0.2, 0.25) is 0 Å². The van der Waals surface area contributed by atoms with Gasteiger partial charge in [0, 0.05) is 0 Å². The second-order valence-electron chi connectivity index (χ2n) is 2.85. The number of carboxylic acids is 1. The summed E-state index contributed by atoms with van der Waals surface area (Å²) in [7, 11) is 0. The number of thioether (sulfide) groups is 1. The highest BCUT2D eigenvalue weighted by molar-refractivity contribution is 8.01. The van der Waals surface area contributed by atoms with Crippen molar-refractivity contribution in [1.82, 2.24) is 0 Å².